The number of rotatable bonds is 3. The van der Waals surface area contributed by atoms with Crippen LogP contribution in [0.1, 0.15) is 39.0 Å². The Kier molecular flexibility index (Phi) is 3.48. The zero-order valence-electron chi connectivity index (χ0n) is 8.60. The molecule has 0 aromatic rings. The fourth-order valence-corrected chi connectivity index (χ4v) is 2.12. The topological polar surface area (TPSA) is 46.2 Å². The van der Waals surface area contributed by atoms with E-state index in [9.17, 15) is 13.9 Å². The zero-order valence-corrected chi connectivity index (χ0v) is 8.60. The lowest BCUT2D eigenvalue weighted by Gasteiger charge is -2.40. The van der Waals surface area contributed by atoms with E-state index in [-0.39, 0.29) is 12.8 Å². The fourth-order valence-electron chi connectivity index (χ4n) is 2.12. The van der Waals surface area contributed by atoms with Gasteiger partial charge in [0.2, 0.25) is 0 Å². The molecule has 0 aromatic heterocycles. The molecule has 0 aromatic carbocycles. The molecular weight excluding hydrogens is 188 g/mol. The van der Waals surface area contributed by atoms with E-state index >= 15 is 0 Å². The molecule has 0 bridgehead atoms. The van der Waals surface area contributed by atoms with Crippen molar-refractivity contribution in [1.29, 1.82) is 0 Å². The van der Waals surface area contributed by atoms with Gasteiger partial charge in [0, 0.05) is 0 Å². The summed E-state index contributed by atoms with van der Waals surface area (Å²) in [6, 6.07) is 0. The Labute approximate surface area is 83.5 Å². The first-order chi connectivity index (χ1) is 6.45. The molecule has 84 valence electrons. The highest BCUT2D eigenvalue weighted by Gasteiger charge is 2.52. The van der Waals surface area contributed by atoms with Crippen LogP contribution in [0.3, 0.4) is 0 Å². The summed E-state index contributed by atoms with van der Waals surface area (Å²) < 4.78 is 26.6. The van der Waals surface area contributed by atoms with Crippen molar-refractivity contribution in [3.8, 4) is 0 Å². The number of nitrogens with two attached hydrogens (primary N) is 1. The van der Waals surface area contributed by atoms with E-state index < -0.39 is 18.1 Å². The number of aliphatic hydroxyl groups is 1. The summed E-state index contributed by atoms with van der Waals surface area (Å²) in [5, 5.41) is 9.78. The van der Waals surface area contributed by atoms with Crippen LogP contribution in [0, 0.1) is 5.92 Å². The summed E-state index contributed by atoms with van der Waals surface area (Å²) in [5.41, 5.74) is 3.13. The fraction of sp³-hybridized carbons (Fsp3) is 1.00. The van der Waals surface area contributed by atoms with E-state index in [1.54, 1.807) is 0 Å². The molecule has 0 radical (unpaired) electrons. The smallest absolute Gasteiger partial charge is 0.288 e. The van der Waals surface area contributed by atoms with Crippen molar-refractivity contribution in [2.45, 2.75) is 50.6 Å². The Bertz CT molecular complexity index is 189. The van der Waals surface area contributed by atoms with Gasteiger partial charge in [-0.3, -0.25) is 0 Å². The number of halogens is 2. The van der Waals surface area contributed by atoms with Crippen LogP contribution in [0.15, 0.2) is 0 Å². The second-order valence-electron chi connectivity index (χ2n) is 4.29. The Morgan fingerprint density at radius 1 is 1.43 bits per heavy atom. The SMILES string of the molecule is CCC1CCC(O)(C(F)(F)CN)CC1. The Morgan fingerprint density at radius 3 is 2.29 bits per heavy atom. The van der Waals surface area contributed by atoms with E-state index in [0.717, 1.165) is 6.42 Å². The summed E-state index contributed by atoms with van der Waals surface area (Å²) in [5.74, 6) is -2.64. The van der Waals surface area contributed by atoms with E-state index in [0.29, 0.717) is 18.8 Å². The van der Waals surface area contributed by atoms with Crippen molar-refractivity contribution < 1.29 is 13.9 Å². The number of alkyl halides is 2. The average Bonchev–Trinajstić information content (AvgIpc) is 2.19. The minimum Gasteiger partial charge on any atom is -0.384 e. The minimum absolute atomic E-state index is 0.176. The van der Waals surface area contributed by atoms with Gasteiger partial charge in [-0.25, -0.2) is 8.78 Å². The van der Waals surface area contributed by atoms with Crippen LogP contribution >= 0.6 is 0 Å². The molecule has 0 spiro atoms. The Balaban J connectivity index is 2.61. The molecule has 0 aliphatic heterocycles. The van der Waals surface area contributed by atoms with Gasteiger partial charge in [-0.2, -0.15) is 0 Å². The van der Waals surface area contributed by atoms with Crippen molar-refractivity contribution in [2.24, 2.45) is 11.7 Å². The molecule has 0 amide bonds. The first-order valence-electron chi connectivity index (χ1n) is 5.25. The van der Waals surface area contributed by atoms with Gasteiger partial charge in [0.15, 0.2) is 0 Å². The lowest BCUT2D eigenvalue weighted by molar-refractivity contribution is -0.192. The van der Waals surface area contributed by atoms with Crippen molar-refractivity contribution in [1.82, 2.24) is 0 Å². The molecule has 14 heavy (non-hydrogen) atoms. The predicted octanol–water partition coefficient (Wildman–Crippen LogP) is 1.91. The molecule has 0 atom stereocenters. The molecule has 1 aliphatic rings. The molecule has 0 unspecified atom stereocenters. The maximum atomic E-state index is 13.3. The summed E-state index contributed by atoms with van der Waals surface area (Å²) in [6.45, 7) is 1.29. The van der Waals surface area contributed by atoms with Gasteiger partial charge in [-0.05, 0) is 31.6 Å². The first-order valence-corrected chi connectivity index (χ1v) is 5.25. The van der Waals surface area contributed by atoms with Crippen LogP contribution in [0.4, 0.5) is 8.78 Å². The lowest BCUT2D eigenvalue weighted by atomic mass is 9.74. The Hall–Kier alpha value is -0.220. The van der Waals surface area contributed by atoms with E-state index in [4.69, 9.17) is 5.73 Å². The molecule has 1 fully saturated rings. The quantitative estimate of drug-likeness (QED) is 0.742. The molecule has 0 heterocycles. The lowest BCUT2D eigenvalue weighted by Crippen LogP contribution is -2.54. The third-order valence-corrected chi connectivity index (χ3v) is 3.45. The first kappa shape index (κ1) is 11.9. The molecule has 1 aliphatic carbocycles. The highest BCUT2D eigenvalue weighted by atomic mass is 19.3. The second-order valence-corrected chi connectivity index (χ2v) is 4.29. The molecule has 0 saturated heterocycles. The van der Waals surface area contributed by atoms with Crippen LogP contribution < -0.4 is 5.73 Å². The highest BCUT2D eigenvalue weighted by molar-refractivity contribution is 4.97. The van der Waals surface area contributed by atoms with Gasteiger partial charge < -0.3 is 10.8 Å². The van der Waals surface area contributed by atoms with Crippen molar-refractivity contribution in [2.75, 3.05) is 6.54 Å². The molecule has 3 N–H and O–H groups in total. The summed E-state index contributed by atoms with van der Waals surface area (Å²) in [7, 11) is 0. The van der Waals surface area contributed by atoms with Gasteiger partial charge in [0.25, 0.3) is 5.92 Å². The monoisotopic (exact) mass is 207 g/mol. The largest absolute Gasteiger partial charge is 0.384 e. The van der Waals surface area contributed by atoms with E-state index in [2.05, 4.69) is 6.92 Å². The zero-order chi connectivity index (χ0) is 10.8. The van der Waals surface area contributed by atoms with E-state index in [1.807, 2.05) is 0 Å². The molecule has 2 nitrogen and oxygen atoms in total. The van der Waals surface area contributed by atoms with Gasteiger partial charge in [0.1, 0.15) is 5.60 Å². The second kappa shape index (κ2) is 4.11. The van der Waals surface area contributed by atoms with Crippen molar-refractivity contribution in [3.05, 3.63) is 0 Å². The number of hydrogen-bond donors (Lipinski definition) is 2. The van der Waals surface area contributed by atoms with Crippen LogP contribution in [0.5, 0.6) is 0 Å². The molecule has 1 rings (SSSR count). The normalized spacial score (nSPS) is 34.5. The van der Waals surface area contributed by atoms with E-state index in [1.165, 1.54) is 0 Å². The summed E-state index contributed by atoms with van der Waals surface area (Å²) >= 11 is 0. The van der Waals surface area contributed by atoms with Crippen LogP contribution in [0.25, 0.3) is 0 Å². The van der Waals surface area contributed by atoms with Crippen molar-refractivity contribution >= 4 is 0 Å². The maximum Gasteiger partial charge on any atom is 0.288 e. The molecule has 4 heteroatoms. The van der Waals surface area contributed by atoms with Gasteiger partial charge in [-0.15, -0.1) is 0 Å². The van der Waals surface area contributed by atoms with Crippen LogP contribution in [-0.2, 0) is 0 Å². The van der Waals surface area contributed by atoms with Gasteiger partial charge in [0.05, 0.1) is 6.54 Å². The average molecular weight is 207 g/mol. The van der Waals surface area contributed by atoms with Crippen molar-refractivity contribution in [3.63, 3.8) is 0 Å². The summed E-state index contributed by atoms with van der Waals surface area (Å²) in [6.07, 6.45) is 2.72. The third kappa shape index (κ3) is 2.06. The van der Waals surface area contributed by atoms with Gasteiger partial charge in [-0.1, -0.05) is 13.3 Å². The third-order valence-electron chi connectivity index (χ3n) is 3.45. The predicted molar refractivity (Wildman–Crippen MR) is 51.2 cm³/mol. The standard InChI is InChI=1S/C10H19F2NO/c1-2-8-3-5-9(14,6-4-8)10(11,12)7-13/h8,14H,2-7,13H2,1H3. The molecule has 1 saturated carbocycles. The highest BCUT2D eigenvalue weighted by Crippen LogP contribution is 2.42. The Morgan fingerprint density at radius 2 is 1.93 bits per heavy atom. The number of hydrogen-bond acceptors (Lipinski definition) is 2. The minimum atomic E-state index is -3.13. The van der Waals surface area contributed by atoms with Crippen LogP contribution in [0.2, 0.25) is 0 Å². The van der Waals surface area contributed by atoms with Gasteiger partial charge >= 0.3 is 0 Å². The van der Waals surface area contributed by atoms with Crippen LogP contribution in [-0.4, -0.2) is 23.2 Å². The molecular formula is C10H19F2NO. The maximum absolute atomic E-state index is 13.3. The summed E-state index contributed by atoms with van der Waals surface area (Å²) in [4.78, 5) is 0.